The van der Waals surface area contributed by atoms with E-state index in [0.717, 1.165) is 21.7 Å². The molecular formula is C17H20N4OS. The minimum Gasteiger partial charge on any atom is -0.396 e. The molecule has 2 N–H and O–H groups in total. The van der Waals surface area contributed by atoms with Gasteiger partial charge in [0.05, 0.1) is 5.39 Å². The van der Waals surface area contributed by atoms with E-state index in [0.29, 0.717) is 18.3 Å². The number of aliphatic hydroxyl groups is 1. The van der Waals surface area contributed by atoms with Crippen molar-refractivity contribution in [1.82, 2.24) is 15.0 Å². The fourth-order valence-electron chi connectivity index (χ4n) is 2.34. The maximum absolute atomic E-state index is 9.50. The van der Waals surface area contributed by atoms with Crippen LogP contribution in [0.3, 0.4) is 0 Å². The molecule has 1 atom stereocenters. The second kappa shape index (κ2) is 7.02. The number of hydrogen-bond donors (Lipinski definition) is 2. The highest BCUT2D eigenvalue weighted by molar-refractivity contribution is 7.16. The van der Waals surface area contributed by atoms with Crippen LogP contribution in [0.4, 0.5) is 5.82 Å². The number of nitrogens with zero attached hydrogens (tertiary/aromatic N) is 3. The zero-order chi connectivity index (χ0) is 16.2. The van der Waals surface area contributed by atoms with Crippen molar-refractivity contribution < 1.29 is 5.11 Å². The largest absolute Gasteiger partial charge is 0.396 e. The van der Waals surface area contributed by atoms with Gasteiger partial charge in [0.1, 0.15) is 16.3 Å². The van der Waals surface area contributed by atoms with Crippen molar-refractivity contribution in [3.8, 4) is 11.5 Å². The summed E-state index contributed by atoms with van der Waals surface area (Å²) in [6.07, 6.45) is 1.74. The summed E-state index contributed by atoms with van der Waals surface area (Å²) in [5.41, 5.74) is 0.758. The fourth-order valence-corrected chi connectivity index (χ4v) is 3.10. The second-order valence-electron chi connectivity index (χ2n) is 5.82. The molecule has 0 fully saturated rings. The molecule has 0 saturated carbocycles. The first-order valence-electron chi connectivity index (χ1n) is 7.70. The van der Waals surface area contributed by atoms with E-state index in [4.69, 9.17) is 0 Å². The number of rotatable bonds is 6. The summed E-state index contributed by atoms with van der Waals surface area (Å²) in [6.45, 7) is 5.07. The molecule has 0 bridgehead atoms. The number of hydrogen-bond acceptors (Lipinski definition) is 6. The van der Waals surface area contributed by atoms with E-state index in [2.05, 4.69) is 34.1 Å². The zero-order valence-corrected chi connectivity index (χ0v) is 14.0. The fraction of sp³-hybridized carbons (Fsp3) is 0.353. The minimum absolute atomic E-state index is 0.162. The molecule has 3 aromatic rings. The minimum atomic E-state index is 0.162. The number of aliphatic hydroxyl groups excluding tert-OH is 1. The van der Waals surface area contributed by atoms with E-state index in [1.165, 1.54) is 0 Å². The van der Waals surface area contributed by atoms with Crippen LogP contribution in [-0.4, -0.2) is 33.2 Å². The van der Waals surface area contributed by atoms with Crippen LogP contribution in [0, 0.1) is 11.8 Å². The SMILES string of the molecule is CC(C)C(CO)CNc1nc(-c2ccccn2)nc2sccc12. The van der Waals surface area contributed by atoms with Crippen LogP contribution in [0.2, 0.25) is 0 Å². The van der Waals surface area contributed by atoms with Crippen molar-refractivity contribution in [2.24, 2.45) is 11.8 Å². The molecule has 0 amide bonds. The predicted octanol–water partition coefficient (Wildman–Crippen LogP) is 3.43. The van der Waals surface area contributed by atoms with Gasteiger partial charge in [-0.15, -0.1) is 11.3 Å². The van der Waals surface area contributed by atoms with Gasteiger partial charge in [0.25, 0.3) is 0 Å². The van der Waals surface area contributed by atoms with Gasteiger partial charge in [0.2, 0.25) is 0 Å². The molecule has 6 heteroatoms. The molecule has 0 aromatic carbocycles. The normalized spacial score (nSPS) is 12.7. The summed E-state index contributed by atoms with van der Waals surface area (Å²) < 4.78 is 0. The molecule has 3 aromatic heterocycles. The Morgan fingerprint density at radius 1 is 1.22 bits per heavy atom. The Morgan fingerprint density at radius 3 is 2.78 bits per heavy atom. The average molecular weight is 328 g/mol. The van der Waals surface area contributed by atoms with Gasteiger partial charge in [-0.1, -0.05) is 19.9 Å². The Labute approximate surface area is 139 Å². The smallest absolute Gasteiger partial charge is 0.181 e. The molecule has 0 saturated heterocycles. The highest BCUT2D eigenvalue weighted by Crippen LogP contribution is 2.28. The van der Waals surface area contributed by atoms with Crippen LogP contribution < -0.4 is 5.32 Å². The zero-order valence-electron chi connectivity index (χ0n) is 13.2. The Kier molecular flexibility index (Phi) is 4.83. The third kappa shape index (κ3) is 3.48. The molecule has 0 aliphatic rings. The van der Waals surface area contributed by atoms with E-state index < -0.39 is 0 Å². The first-order chi connectivity index (χ1) is 11.2. The number of fused-ring (bicyclic) bond motifs is 1. The lowest BCUT2D eigenvalue weighted by Crippen LogP contribution is -2.23. The van der Waals surface area contributed by atoms with Crippen LogP contribution in [0.25, 0.3) is 21.7 Å². The second-order valence-corrected chi connectivity index (χ2v) is 6.71. The van der Waals surface area contributed by atoms with Crippen LogP contribution in [0.15, 0.2) is 35.8 Å². The quantitative estimate of drug-likeness (QED) is 0.725. The predicted molar refractivity (Wildman–Crippen MR) is 94.5 cm³/mol. The highest BCUT2D eigenvalue weighted by Gasteiger charge is 2.15. The van der Waals surface area contributed by atoms with Crippen LogP contribution in [-0.2, 0) is 0 Å². The molecule has 120 valence electrons. The van der Waals surface area contributed by atoms with E-state index in [9.17, 15) is 5.11 Å². The summed E-state index contributed by atoms with van der Waals surface area (Å²) in [6, 6.07) is 7.73. The average Bonchev–Trinajstić information content (AvgIpc) is 3.04. The third-order valence-electron chi connectivity index (χ3n) is 3.93. The summed E-state index contributed by atoms with van der Waals surface area (Å²) in [5, 5.41) is 15.9. The monoisotopic (exact) mass is 328 g/mol. The summed E-state index contributed by atoms with van der Waals surface area (Å²) in [4.78, 5) is 14.5. The van der Waals surface area contributed by atoms with Crippen molar-refractivity contribution >= 4 is 27.4 Å². The molecule has 3 heterocycles. The number of pyridine rings is 1. The van der Waals surface area contributed by atoms with Gasteiger partial charge in [-0.2, -0.15) is 0 Å². The van der Waals surface area contributed by atoms with Crippen LogP contribution in [0.5, 0.6) is 0 Å². The van der Waals surface area contributed by atoms with Crippen molar-refractivity contribution in [1.29, 1.82) is 0 Å². The molecule has 23 heavy (non-hydrogen) atoms. The Morgan fingerprint density at radius 2 is 2.09 bits per heavy atom. The molecule has 0 aliphatic carbocycles. The third-order valence-corrected chi connectivity index (χ3v) is 4.73. The van der Waals surface area contributed by atoms with Gasteiger partial charge >= 0.3 is 0 Å². The number of thiophene rings is 1. The topological polar surface area (TPSA) is 70.9 Å². The Bertz CT molecular complexity index is 773. The van der Waals surface area contributed by atoms with Gasteiger partial charge in [0.15, 0.2) is 5.82 Å². The summed E-state index contributed by atoms with van der Waals surface area (Å²) in [5.74, 6) is 2.02. The number of aromatic nitrogens is 3. The van der Waals surface area contributed by atoms with Crippen molar-refractivity contribution in [2.75, 3.05) is 18.5 Å². The molecule has 3 rings (SSSR count). The Hall–Kier alpha value is -2.05. The highest BCUT2D eigenvalue weighted by atomic mass is 32.1. The van der Waals surface area contributed by atoms with E-state index in [1.54, 1.807) is 17.5 Å². The van der Waals surface area contributed by atoms with Gasteiger partial charge < -0.3 is 10.4 Å². The van der Waals surface area contributed by atoms with Gasteiger partial charge in [0, 0.05) is 25.3 Å². The maximum Gasteiger partial charge on any atom is 0.181 e. The first-order valence-corrected chi connectivity index (χ1v) is 8.58. The first kappa shape index (κ1) is 15.8. The van der Waals surface area contributed by atoms with Gasteiger partial charge in [-0.25, -0.2) is 9.97 Å². The molecule has 0 aliphatic heterocycles. The lowest BCUT2D eigenvalue weighted by molar-refractivity contribution is 0.198. The standard InChI is InChI=1S/C17H20N4OS/c1-11(2)12(10-22)9-19-15-13-6-8-23-17(13)21-16(20-15)14-5-3-4-7-18-14/h3-8,11-12,22H,9-10H2,1-2H3,(H,19,20,21). The van der Waals surface area contributed by atoms with Gasteiger partial charge in [-0.05, 0) is 29.5 Å². The van der Waals surface area contributed by atoms with E-state index in [1.807, 2.05) is 29.6 Å². The van der Waals surface area contributed by atoms with Gasteiger partial charge in [-0.3, -0.25) is 4.98 Å². The molecule has 5 nitrogen and oxygen atoms in total. The number of anilines is 1. The van der Waals surface area contributed by atoms with E-state index >= 15 is 0 Å². The van der Waals surface area contributed by atoms with Crippen molar-refractivity contribution in [3.63, 3.8) is 0 Å². The lowest BCUT2D eigenvalue weighted by Gasteiger charge is -2.19. The van der Waals surface area contributed by atoms with Crippen LogP contribution in [0.1, 0.15) is 13.8 Å². The van der Waals surface area contributed by atoms with Crippen molar-refractivity contribution in [2.45, 2.75) is 13.8 Å². The molecule has 1 unspecified atom stereocenters. The maximum atomic E-state index is 9.50. The summed E-state index contributed by atoms with van der Waals surface area (Å²) in [7, 11) is 0. The Balaban J connectivity index is 1.94. The number of nitrogens with one attached hydrogen (secondary N) is 1. The molecule has 0 spiro atoms. The molecule has 0 radical (unpaired) electrons. The summed E-state index contributed by atoms with van der Waals surface area (Å²) >= 11 is 1.59. The lowest BCUT2D eigenvalue weighted by atomic mass is 9.97. The molecular weight excluding hydrogens is 308 g/mol. The van der Waals surface area contributed by atoms with Crippen LogP contribution >= 0.6 is 11.3 Å². The van der Waals surface area contributed by atoms with E-state index in [-0.39, 0.29) is 12.5 Å². The van der Waals surface area contributed by atoms with Crippen molar-refractivity contribution in [3.05, 3.63) is 35.8 Å².